The van der Waals surface area contributed by atoms with Crippen LogP contribution in [0.25, 0.3) is 0 Å². The highest BCUT2D eigenvalue weighted by Crippen LogP contribution is 2.09. The quantitative estimate of drug-likeness (QED) is 0.694. The van der Waals surface area contributed by atoms with E-state index in [1.807, 2.05) is 6.92 Å². The summed E-state index contributed by atoms with van der Waals surface area (Å²) in [5.74, 6) is 1.45. The molecule has 1 rings (SSSR count). The highest BCUT2D eigenvalue weighted by Gasteiger charge is 2.20. The van der Waals surface area contributed by atoms with Gasteiger partial charge in [-0.3, -0.25) is 9.00 Å². The molecule has 0 radical (unpaired) electrons. The molecule has 2 atom stereocenters. The predicted molar refractivity (Wildman–Crippen MR) is 62.2 cm³/mol. The summed E-state index contributed by atoms with van der Waals surface area (Å²) in [5, 5.41) is 6.05. The molecule has 0 saturated carbocycles. The third kappa shape index (κ3) is 4.75. The molecule has 88 valence electrons. The second kappa shape index (κ2) is 6.95. The topological polar surface area (TPSA) is 58.2 Å². The lowest BCUT2D eigenvalue weighted by atomic mass is 9.99. The first-order valence-corrected chi connectivity index (χ1v) is 7.06. The van der Waals surface area contributed by atoms with Crippen molar-refractivity contribution >= 4 is 16.7 Å². The van der Waals surface area contributed by atoms with Gasteiger partial charge in [-0.25, -0.2) is 0 Å². The third-order valence-electron chi connectivity index (χ3n) is 2.62. The van der Waals surface area contributed by atoms with E-state index >= 15 is 0 Å². The summed E-state index contributed by atoms with van der Waals surface area (Å²) in [7, 11) is -0.779. The van der Waals surface area contributed by atoms with E-state index in [1.165, 1.54) is 0 Å². The molecule has 1 saturated heterocycles. The van der Waals surface area contributed by atoms with Crippen LogP contribution in [0.1, 0.15) is 19.8 Å². The molecular formula is C10H20N2O2S. The van der Waals surface area contributed by atoms with E-state index in [0.29, 0.717) is 18.1 Å². The molecule has 0 aliphatic carbocycles. The van der Waals surface area contributed by atoms with Crippen molar-refractivity contribution < 1.29 is 9.00 Å². The molecule has 0 bridgehead atoms. The minimum atomic E-state index is -0.779. The van der Waals surface area contributed by atoms with Crippen molar-refractivity contribution in [3.8, 4) is 0 Å². The van der Waals surface area contributed by atoms with Crippen LogP contribution < -0.4 is 10.6 Å². The number of carbonyl (C=O) groups is 1. The van der Waals surface area contributed by atoms with Crippen LogP contribution in [0.5, 0.6) is 0 Å². The van der Waals surface area contributed by atoms with Crippen LogP contribution in [-0.2, 0) is 15.6 Å². The van der Waals surface area contributed by atoms with Crippen LogP contribution in [0.2, 0.25) is 0 Å². The Bertz CT molecular complexity index is 227. The molecule has 1 aliphatic heterocycles. The number of hydrogen-bond acceptors (Lipinski definition) is 3. The lowest BCUT2D eigenvalue weighted by molar-refractivity contribution is -0.125. The molecule has 1 heterocycles. The second-order valence-corrected chi connectivity index (χ2v) is 5.63. The molecule has 0 aromatic carbocycles. The summed E-state index contributed by atoms with van der Waals surface area (Å²) >= 11 is 0. The Labute approximate surface area is 93.7 Å². The fraction of sp³-hybridized carbons (Fsp3) is 0.900. The Balaban J connectivity index is 2.14. The molecule has 1 aliphatic rings. The van der Waals surface area contributed by atoms with Gasteiger partial charge in [0.2, 0.25) is 5.91 Å². The van der Waals surface area contributed by atoms with Crippen molar-refractivity contribution in [3.05, 3.63) is 0 Å². The lowest BCUT2D eigenvalue weighted by Crippen LogP contribution is -2.41. The van der Waals surface area contributed by atoms with Crippen LogP contribution in [0, 0.1) is 5.92 Å². The number of amides is 1. The first kappa shape index (κ1) is 12.6. The summed E-state index contributed by atoms with van der Waals surface area (Å²) in [6, 6.07) is 0. The summed E-state index contributed by atoms with van der Waals surface area (Å²) in [6.45, 7) is 4.23. The smallest absolute Gasteiger partial charge is 0.224 e. The molecule has 0 aromatic heterocycles. The van der Waals surface area contributed by atoms with E-state index in [0.717, 1.165) is 25.9 Å². The van der Waals surface area contributed by atoms with Gasteiger partial charge < -0.3 is 10.6 Å². The van der Waals surface area contributed by atoms with E-state index in [9.17, 15) is 9.00 Å². The Morgan fingerprint density at radius 2 is 2.40 bits per heavy atom. The van der Waals surface area contributed by atoms with Crippen LogP contribution >= 0.6 is 0 Å². The predicted octanol–water partition coefficient (Wildman–Crippen LogP) is -0.129. The van der Waals surface area contributed by atoms with E-state index < -0.39 is 10.8 Å². The van der Waals surface area contributed by atoms with Crippen molar-refractivity contribution in [2.75, 3.05) is 31.1 Å². The summed E-state index contributed by atoms with van der Waals surface area (Å²) in [4.78, 5) is 11.6. The normalized spacial score (nSPS) is 23.4. The zero-order valence-electron chi connectivity index (χ0n) is 9.25. The molecule has 0 aromatic rings. The maximum Gasteiger partial charge on any atom is 0.224 e. The van der Waals surface area contributed by atoms with Gasteiger partial charge in [-0.1, -0.05) is 6.92 Å². The van der Waals surface area contributed by atoms with Gasteiger partial charge in [0.15, 0.2) is 0 Å². The van der Waals surface area contributed by atoms with Gasteiger partial charge in [0, 0.05) is 35.4 Å². The number of piperidine rings is 1. The van der Waals surface area contributed by atoms with Crippen LogP contribution in [0.4, 0.5) is 0 Å². The minimum Gasteiger partial charge on any atom is -0.355 e. The van der Waals surface area contributed by atoms with Gasteiger partial charge in [0.1, 0.15) is 0 Å². The standard InChI is InChI=1S/C10H20N2O2S/c1-2-15(14)7-6-12-10(13)9-4-3-5-11-8-9/h9,11H,2-8H2,1H3,(H,12,13)/t9-,15?/m0/s1. The Morgan fingerprint density at radius 3 is 3.00 bits per heavy atom. The first-order chi connectivity index (χ1) is 7.24. The molecule has 1 amide bonds. The van der Waals surface area contributed by atoms with Crippen molar-refractivity contribution in [2.45, 2.75) is 19.8 Å². The summed E-state index contributed by atoms with van der Waals surface area (Å²) in [6.07, 6.45) is 2.04. The van der Waals surface area contributed by atoms with Crippen molar-refractivity contribution in [2.24, 2.45) is 5.92 Å². The maximum atomic E-state index is 11.6. The molecule has 5 heteroatoms. The van der Waals surface area contributed by atoms with Gasteiger partial charge in [-0.15, -0.1) is 0 Å². The highest BCUT2D eigenvalue weighted by atomic mass is 32.2. The van der Waals surface area contributed by atoms with Crippen LogP contribution in [0.3, 0.4) is 0 Å². The molecule has 1 fully saturated rings. The second-order valence-electron chi connectivity index (χ2n) is 3.77. The van der Waals surface area contributed by atoms with Gasteiger partial charge in [0.25, 0.3) is 0 Å². The fourth-order valence-electron chi connectivity index (χ4n) is 1.65. The zero-order chi connectivity index (χ0) is 11.1. The fourth-order valence-corrected chi connectivity index (χ4v) is 2.27. The van der Waals surface area contributed by atoms with Crippen LogP contribution in [0.15, 0.2) is 0 Å². The van der Waals surface area contributed by atoms with E-state index in [1.54, 1.807) is 0 Å². The zero-order valence-corrected chi connectivity index (χ0v) is 10.1. The van der Waals surface area contributed by atoms with Crippen molar-refractivity contribution in [1.82, 2.24) is 10.6 Å². The van der Waals surface area contributed by atoms with Gasteiger partial charge in [-0.2, -0.15) is 0 Å². The average Bonchev–Trinajstić information content (AvgIpc) is 2.29. The molecule has 2 N–H and O–H groups in total. The average molecular weight is 232 g/mol. The van der Waals surface area contributed by atoms with E-state index in [-0.39, 0.29) is 11.8 Å². The molecule has 15 heavy (non-hydrogen) atoms. The molecule has 1 unspecified atom stereocenters. The largest absolute Gasteiger partial charge is 0.355 e. The Hall–Kier alpha value is -0.420. The van der Waals surface area contributed by atoms with Crippen LogP contribution in [-0.4, -0.2) is 41.3 Å². The van der Waals surface area contributed by atoms with E-state index in [4.69, 9.17) is 0 Å². The highest BCUT2D eigenvalue weighted by molar-refractivity contribution is 7.84. The number of nitrogens with one attached hydrogen (secondary N) is 2. The third-order valence-corrected chi connectivity index (χ3v) is 3.92. The lowest BCUT2D eigenvalue weighted by Gasteiger charge is -2.21. The first-order valence-electron chi connectivity index (χ1n) is 5.57. The summed E-state index contributed by atoms with van der Waals surface area (Å²) < 4.78 is 11.1. The van der Waals surface area contributed by atoms with Gasteiger partial charge in [-0.05, 0) is 19.4 Å². The van der Waals surface area contributed by atoms with Crippen molar-refractivity contribution in [3.63, 3.8) is 0 Å². The van der Waals surface area contributed by atoms with Gasteiger partial charge in [0.05, 0.1) is 5.92 Å². The Kier molecular flexibility index (Phi) is 5.86. The maximum absolute atomic E-state index is 11.6. The van der Waals surface area contributed by atoms with E-state index in [2.05, 4.69) is 10.6 Å². The Morgan fingerprint density at radius 1 is 1.60 bits per heavy atom. The number of carbonyl (C=O) groups excluding carboxylic acids is 1. The van der Waals surface area contributed by atoms with Crippen molar-refractivity contribution in [1.29, 1.82) is 0 Å². The number of rotatable bonds is 5. The molecular weight excluding hydrogens is 212 g/mol. The molecule has 0 spiro atoms. The summed E-state index contributed by atoms with van der Waals surface area (Å²) in [5.41, 5.74) is 0. The minimum absolute atomic E-state index is 0.105. The molecule has 4 nitrogen and oxygen atoms in total. The number of hydrogen-bond donors (Lipinski definition) is 2. The SMILES string of the molecule is CCS(=O)CCNC(=O)[C@H]1CCCNC1. The monoisotopic (exact) mass is 232 g/mol. The van der Waals surface area contributed by atoms with Gasteiger partial charge >= 0.3 is 0 Å².